The van der Waals surface area contributed by atoms with Gasteiger partial charge in [0.1, 0.15) is 5.82 Å². The second kappa shape index (κ2) is 7.23. The van der Waals surface area contributed by atoms with Gasteiger partial charge in [-0.2, -0.15) is 0 Å². The monoisotopic (exact) mass is 404 g/mol. The van der Waals surface area contributed by atoms with Crippen molar-refractivity contribution in [3.63, 3.8) is 0 Å². The zero-order chi connectivity index (χ0) is 17.1. The molecule has 1 heterocycles. The molecule has 0 radical (unpaired) electrons. The van der Waals surface area contributed by atoms with Crippen LogP contribution in [-0.2, 0) is 6.42 Å². The first-order valence-electron chi connectivity index (χ1n) is 7.40. The van der Waals surface area contributed by atoms with Crippen LogP contribution in [0.25, 0.3) is 11.3 Å². The smallest absolute Gasteiger partial charge is 0.260 e. The summed E-state index contributed by atoms with van der Waals surface area (Å²) in [6.07, 6.45) is 0.804. The molecule has 0 saturated heterocycles. The molecular formula is C18H14BrFN2OS. The molecule has 0 atom stereocenters. The fraction of sp³-hybridized carbons (Fsp3) is 0.111. The summed E-state index contributed by atoms with van der Waals surface area (Å²) >= 11 is 4.82. The molecule has 1 amide bonds. The fourth-order valence-electron chi connectivity index (χ4n) is 2.29. The molecule has 0 spiro atoms. The van der Waals surface area contributed by atoms with E-state index in [0.717, 1.165) is 27.0 Å². The number of hydrogen-bond acceptors (Lipinski definition) is 3. The van der Waals surface area contributed by atoms with Gasteiger partial charge >= 0.3 is 0 Å². The summed E-state index contributed by atoms with van der Waals surface area (Å²) in [5.74, 6) is -1.04. The molecule has 0 bridgehead atoms. The van der Waals surface area contributed by atoms with Crippen LogP contribution in [0.2, 0.25) is 0 Å². The standard InChI is InChI=1S/C18H14BrFN2OS/c1-2-15-16(11-7-9-12(19)10-8-11)21-18(24-15)22-17(23)13-5-3-4-6-14(13)20/h3-10H,2H2,1H3,(H,21,22,23). The number of benzene rings is 2. The van der Waals surface area contributed by atoms with E-state index < -0.39 is 11.7 Å². The SMILES string of the molecule is CCc1sc(NC(=O)c2ccccc2F)nc1-c1ccc(Br)cc1. The Kier molecular flexibility index (Phi) is 5.06. The molecule has 3 aromatic rings. The second-order valence-electron chi connectivity index (χ2n) is 5.09. The summed E-state index contributed by atoms with van der Waals surface area (Å²) < 4.78 is 14.7. The van der Waals surface area contributed by atoms with Gasteiger partial charge in [-0.3, -0.25) is 10.1 Å². The van der Waals surface area contributed by atoms with Crippen LogP contribution in [0.1, 0.15) is 22.2 Å². The van der Waals surface area contributed by atoms with E-state index in [1.165, 1.54) is 23.5 Å². The summed E-state index contributed by atoms with van der Waals surface area (Å²) in [5, 5.41) is 3.16. The molecule has 0 fully saturated rings. The molecule has 0 saturated carbocycles. The molecular weight excluding hydrogens is 391 g/mol. The van der Waals surface area contributed by atoms with Crippen molar-refractivity contribution in [3.05, 3.63) is 69.3 Å². The lowest BCUT2D eigenvalue weighted by molar-refractivity contribution is 0.102. The van der Waals surface area contributed by atoms with Gasteiger partial charge in [0.25, 0.3) is 5.91 Å². The molecule has 24 heavy (non-hydrogen) atoms. The first kappa shape index (κ1) is 16.8. The van der Waals surface area contributed by atoms with Crippen LogP contribution in [0.3, 0.4) is 0 Å². The summed E-state index contributed by atoms with van der Waals surface area (Å²) in [7, 11) is 0. The molecule has 1 N–H and O–H groups in total. The van der Waals surface area contributed by atoms with Crippen molar-refractivity contribution in [3.8, 4) is 11.3 Å². The predicted octanol–water partition coefficient (Wildman–Crippen LogP) is 5.53. The molecule has 1 aromatic heterocycles. The number of hydrogen-bond donors (Lipinski definition) is 1. The minimum absolute atomic E-state index is 0.0101. The van der Waals surface area contributed by atoms with Crippen LogP contribution in [0.5, 0.6) is 0 Å². The molecule has 6 heteroatoms. The lowest BCUT2D eigenvalue weighted by atomic mass is 10.1. The summed E-state index contributed by atoms with van der Waals surface area (Å²) in [6.45, 7) is 2.04. The Bertz CT molecular complexity index is 877. The largest absolute Gasteiger partial charge is 0.298 e. The zero-order valence-corrected chi connectivity index (χ0v) is 15.2. The van der Waals surface area contributed by atoms with Crippen molar-refractivity contribution in [1.29, 1.82) is 0 Å². The van der Waals surface area contributed by atoms with E-state index in [1.54, 1.807) is 12.1 Å². The van der Waals surface area contributed by atoms with Crippen LogP contribution in [0.4, 0.5) is 9.52 Å². The number of thiazole rings is 1. The molecule has 3 nitrogen and oxygen atoms in total. The van der Waals surface area contributed by atoms with Crippen molar-refractivity contribution >= 4 is 38.3 Å². The Balaban J connectivity index is 1.89. The van der Waals surface area contributed by atoms with Crippen LogP contribution >= 0.6 is 27.3 Å². The summed E-state index contributed by atoms with van der Waals surface area (Å²) in [5.41, 5.74) is 1.84. The highest BCUT2D eigenvalue weighted by atomic mass is 79.9. The van der Waals surface area contributed by atoms with Crippen molar-refractivity contribution in [2.24, 2.45) is 0 Å². The third-order valence-corrected chi connectivity index (χ3v) is 5.12. The van der Waals surface area contributed by atoms with Gasteiger partial charge in [-0.15, -0.1) is 11.3 Å². The number of nitrogens with zero attached hydrogens (tertiary/aromatic N) is 1. The number of carbonyl (C=O) groups is 1. The van der Waals surface area contributed by atoms with Gasteiger partial charge in [-0.1, -0.05) is 47.1 Å². The number of anilines is 1. The van der Waals surface area contributed by atoms with Crippen molar-refractivity contribution in [2.45, 2.75) is 13.3 Å². The number of aromatic nitrogens is 1. The minimum Gasteiger partial charge on any atom is -0.298 e. The number of amides is 1. The van der Waals surface area contributed by atoms with Gasteiger partial charge in [-0.25, -0.2) is 9.37 Å². The van der Waals surface area contributed by atoms with Gasteiger partial charge in [0, 0.05) is 14.9 Å². The second-order valence-corrected chi connectivity index (χ2v) is 7.08. The van der Waals surface area contributed by atoms with Gasteiger partial charge < -0.3 is 0 Å². The van der Waals surface area contributed by atoms with Crippen LogP contribution < -0.4 is 5.32 Å². The average Bonchev–Trinajstić information content (AvgIpc) is 2.98. The molecule has 0 unspecified atom stereocenters. The number of halogens is 2. The number of nitrogens with one attached hydrogen (secondary N) is 1. The third-order valence-electron chi connectivity index (χ3n) is 3.48. The highest BCUT2D eigenvalue weighted by Crippen LogP contribution is 2.32. The van der Waals surface area contributed by atoms with E-state index in [4.69, 9.17) is 0 Å². The van der Waals surface area contributed by atoms with E-state index in [-0.39, 0.29) is 5.56 Å². The first-order chi connectivity index (χ1) is 11.6. The predicted molar refractivity (Wildman–Crippen MR) is 99.0 cm³/mol. The fourth-order valence-corrected chi connectivity index (χ4v) is 3.47. The molecule has 2 aromatic carbocycles. The van der Waals surface area contributed by atoms with E-state index in [0.29, 0.717) is 5.13 Å². The first-order valence-corrected chi connectivity index (χ1v) is 9.01. The number of carbonyl (C=O) groups excluding carboxylic acids is 1. The van der Waals surface area contributed by atoms with Crippen molar-refractivity contribution in [1.82, 2.24) is 4.98 Å². The van der Waals surface area contributed by atoms with E-state index >= 15 is 0 Å². The lowest BCUT2D eigenvalue weighted by Gasteiger charge is -2.02. The topological polar surface area (TPSA) is 42.0 Å². The van der Waals surface area contributed by atoms with Crippen molar-refractivity contribution in [2.75, 3.05) is 5.32 Å². The van der Waals surface area contributed by atoms with Gasteiger partial charge in [-0.05, 0) is 30.7 Å². The van der Waals surface area contributed by atoms with E-state index in [1.807, 2.05) is 31.2 Å². The molecule has 122 valence electrons. The maximum Gasteiger partial charge on any atom is 0.260 e. The van der Waals surface area contributed by atoms with Crippen LogP contribution in [0.15, 0.2) is 53.0 Å². The quantitative estimate of drug-likeness (QED) is 0.621. The summed E-state index contributed by atoms with van der Waals surface area (Å²) in [6, 6.07) is 13.7. The maximum absolute atomic E-state index is 13.7. The Hall–Kier alpha value is -2.05. The van der Waals surface area contributed by atoms with Crippen LogP contribution in [-0.4, -0.2) is 10.9 Å². The summed E-state index contributed by atoms with van der Waals surface area (Å²) in [4.78, 5) is 17.8. The third kappa shape index (κ3) is 3.55. The molecule has 0 aliphatic rings. The Morgan fingerprint density at radius 1 is 1.21 bits per heavy atom. The highest BCUT2D eigenvalue weighted by Gasteiger charge is 2.16. The number of aryl methyl sites for hydroxylation is 1. The normalized spacial score (nSPS) is 10.6. The molecule has 3 rings (SSSR count). The molecule has 0 aliphatic carbocycles. The number of rotatable bonds is 4. The van der Waals surface area contributed by atoms with Gasteiger partial charge in [0.2, 0.25) is 0 Å². The molecule has 0 aliphatic heterocycles. The average molecular weight is 405 g/mol. The lowest BCUT2D eigenvalue weighted by Crippen LogP contribution is -2.13. The van der Waals surface area contributed by atoms with Gasteiger partial charge in [0.15, 0.2) is 5.13 Å². The van der Waals surface area contributed by atoms with E-state index in [9.17, 15) is 9.18 Å². The zero-order valence-electron chi connectivity index (χ0n) is 12.8. The Morgan fingerprint density at radius 2 is 1.92 bits per heavy atom. The van der Waals surface area contributed by atoms with Gasteiger partial charge in [0.05, 0.1) is 11.3 Å². The van der Waals surface area contributed by atoms with E-state index in [2.05, 4.69) is 26.2 Å². The maximum atomic E-state index is 13.7. The van der Waals surface area contributed by atoms with Crippen LogP contribution in [0, 0.1) is 5.82 Å². The minimum atomic E-state index is -0.546. The van der Waals surface area contributed by atoms with Crippen molar-refractivity contribution < 1.29 is 9.18 Å². The highest BCUT2D eigenvalue weighted by molar-refractivity contribution is 9.10. The Morgan fingerprint density at radius 3 is 2.58 bits per heavy atom. The Labute approximate surface area is 151 Å².